The van der Waals surface area contributed by atoms with Gasteiger partial charge in [0.25, 0.3) is 0 Å². The molecule has 0 saturated carbocycles. The minimum Gasteiger partial charge on any atom is -0.508 e. The van der Waals surface area contributed by atoms with Crippen molar-refractivity contribution in [1.82, 2.24) is 0 Å². The van der Waals surface area contributed by atoms with Crippen LogP contribution >= 0.6 is 0 Å². The van der Waals surface area contributed by atoms with Crippen molar-refractivity contribution in [3.63, 3.8) is 0 Å². The Balaban J connectivity index is 2.73. The van der Waals surface area contributed by atoms with Crippen molar-refractivity contribution in [1.29, 1.82) is 0 Å². The van der Waals surface area contributed by atoms with Crippen molar-refractivity contribution in [2.75, 3.05) is 0 Å². The van der Waals surface area contributed by atoms with Gasteiger partial charge in [-0.25, -0.2) is 0 Å². The van der Waals surface area contributed by atoms with Gasteiger partial charge in [-0.05, 0) is 18.1 Å². The number of carbonyl (C=O) groups is 1. The standard InChI is InChI=1S/C11H10O2/c1-2-7-3-5-9(12)8-4-6-10(13)11(7)8/h2-3,5,12H,1,4,6H2. The van der Waals surface area contributed by atoms with Crippen LogP contribution in [0, 0.1) is 0 Å². The van der Waals surface area contributed by atoms with Crippen LogP contribution < -0.4 is 0 Å². The number of Topliss-reactive ketones (excluding diaryl/α,β-unsaturated/α-hetero) is 1. The van der Waals surface area contributed by atoms with Crippen LogP contribution in [0.5, 0.6) is 5.75 Å². The molecule has 1 aromatic rings. The molecule has 0 aromatic heterocycles. The molecule has 0 heterocycles. The number of aromatic hydroxyl groups is 1. The Kier molecular flexibility index (Phi) is 1.69. The van der Waals surface area contributed by atoms with E-state index in [-0.39, 0.29) is 11.5 Å². The molecule has 0 spiro atoms. The van der Waals surface area contributed by atoms with Gasteiger partial charge in [0, 0.05) is 17.5 Å². The van der Waals surface area contributed by atoms with Gasteiger partial charge < -0.3 is 5.11 Å². The van der Waals surface area contributed by atoms with Crippen LogP contribution in [0.15, 0.2) is 18.7 Å². The fraction of sp³-hybridized carbons (Fsp3) is 0.182. The van der Waals surface area contributed by atoms with Gasteiger partial charge >= 0.3 is 0 Å². The molecule has 0 radical (unpaired) electrons. The van der Waals surface area contributed by atoms with Crippen molar-refractivity contribution in [3.05, 3.63) is 35.4 Å². The summed E-state index contributed by atoms with van der Waals surface area (Å²) in [6, 6.07) is 3.35. The number of hydrogen-bond acceptors (Lipinski definition) is 2. The summed E-state index contributed by atoms with van der Waals surface area (Å²) in [7, 11) is 0. The number of benzene rings is 1. The summed E-state index contributed by atoms with van der Waals surface area (Å²) in [6.45, 7) is 3.64. The first-order valence-electron chi connectivity index (χ1n) is 4.24. The molecule has 2 nitrogen and oxygen atoms in total. The van der Waals surface area contributed by atoms with Gasteiger partial charge in [-0.1, -0.05) is 18.7 Å². The fourth-order valence-electron chi connectivity index (χ4n) is 1.77. The summed E-state index contributed by atoms with van der Waals surface area (Å²) in [5.41, 5.74) is 2.27. The van der Waals surface area contributed by atoms with E-state index in [0.29, 0.717) is 18.4 Å². The van der Waals surface area contributed by atoms with E-state index < -0.39 is 0 Å². The van der Waals surface area contributed by atoms with E-state index in [1.165, 1.54) is 0 Å². The average molecular weight is 174 g/mol. The van der Waals surface area contributed by atoms with Crippen molar-refractivity contribution >= 4 is 11.9 Å². The summed E-state index contributed by atoms with van der Waals surface area (Å²) in [4.78, 5) is 11.4. The molecule has 0 atom stereocenters. The van der Waals surface area contributed by atoms with E-state index in [1.54, 1.807) is 18.2 Å². The second-order valence-corrected chi connectivity index (χ2v) is 3.15. The quantitative estimate of drug-likeness (QED) is 0.708. The Hall–Kier alpha value is -1.57. The van der Waals surface area contributed by atoms with E-state index in [9.17, 15) is 9.90 Å². The second kappa shape index (κ2) is 2.73. The molecule has 0 bridgehead atoms. The highest BCUT2D eigenvalue weighted by atomic mass is 16.3. The van der Waals surface area contributed by atoms with Crippen molar-refractivity contribution in [3.8, 4) is 5.75 Å². The third-order valence-electron chi connectivity index (χ3n) is 2.42. The summed E-state index contributed by atoms with van der Waals surface area (Å²) in [5, 5.41) is 9.48. The average Bonchev–Trinajstić information content (AvgIpc) is 2.51. The third kappa shape index (κ3) is 1.06. The minimum absolute atomic E-state index is 0.112. The number of phenolic OH excluding ortho intramolecular Hbond substituents is 1. The number of rotatable bonds is 1. The SMILES string of the molecule is C=Cc1ccc(O)c2c1C(=O)CC2. The first kappa shape index (κ1) is 8.05. The van der Waals surface area contributed by atoms with Gasteiger partial charge in [0.1, 0.15) is 5.75 Å². The molecule has 13 heavy (non-hydrogen) atoms. The predicted molar refractivity (Wildman–Crippen MR) is 50.8 cm³/mol. The lowest BCUT2D eigenvalue weighted by Gasteiger charge is -2.04. The zero-order valence-corrected chi connectivity index (χ0v) is 7.21. The monoisotopic (exact) mass is 174 g/mol. The zero-order valence-electron chi connectivity index (χ0n) is 7.21. The van der Waals surface area contributed by atoms with Gasteiger partial charge in [-0.15, -0.1) is 0 Å². The normalized spacial score (nSPS) is 14.3. The Labute approximate surface area is 76.5 Å². The van der Waals surface area contributed by atoms with Crippen LogP contribution in [0.25, 0.3) is 6.08 Å². The van der Waals surface area contributed by atoms with E-state index in [4.69, 9.17) is 0 Å². The highest BCUT2D eigenvalue weighted by molar-refractivity contribution is 6.04. The summed E-state index contributed by atoms with van der Waals surface area (Å²) in [6.07, 6.45) is 2.82. The highest BCUT2D eigenvalue weighted by Gasteiger charge is 2.24. The van der Waals surface area contributed by atoms with E-state index >= 15 is 0 Å². The van der Waals surface area contributed by atoms with Crippen molar-refractivity contribution < 1.29 is 9.90 Å². The lowest BCUT2D eigenvalue weighted by Crippen LogP contribution is -1.94. The molecule has 0 aliphatic heterocycles. The van der Waals surface area contributed by atoms with Crippen LogP contribution in [0.4, 0.5) is 0 Å². The van der Waals surface area contributed by atoms with E-state index in [1.807, 2.05) is 0 Å². The Bertz CT molecular complexity index is 391. The molecule has 66 valence electrons. The smallest absolute Gasteiger partial charge is 0.164 e. The van der Waals surface area contributed by atoms with Crippen LogP contribution in [0.3, 0.4) is 0 Å². The topological polar surface area (TPSA) is 37.3 Å². The number of phenols is 1. The van der Waals surface area contributed by atoms with Crippen LogP contribution in [-0.4, -0.2) is 10.9 Å². The lowest BCUT2D eigenvalue weighted by molar-refractivity contribution is 0.0994. The minimum atomic E-state index is 0.112. The molecule has 1 aliphatic carbocycles. The molecule has 0 saturated heterocycles. The molecular weight excluding hydrogens is 164 g/mol. The maximum atomic E-state index is 11.4. The molecule has 2 rings (SSSR count). The lowest BCUT2D eigenvalue weighted by atomic mass is 10.0. The highest BCUT2D eigenvalue weighted by Crippen LogP contribution is 2.32. The van der Waals surface area contributed by atoms with Gasteiger partial charge in [0.15, 0.2) is 5.78 Å². The van der Waals surface area contributed by atoms with Crippen molar-refractivity contribution in [2.45, 2.75) is 12.8 Å². The van der Waals surface area contributed by atoms with Crippen LogP contribution in [0.2, 0.25) is 0 Å². The van der Waals surface area contributed by atoms with Crippen LogP contribution in [-0.2, 0) is 6.42 Å². The Morgan fingerprint density at radius 3 is 2.85 bits per heavy atom. The second-order valence-electron chi connectivity index (χ2n) is 3.15. The van der Waals surface area contributed by atoms with E-state index in [0.717, 1.165) is 11.1 Å². The Morgan fingerprint density at radius 2 is 2.15 bits per heavy atom. The number of carbonyl (C=O) groups excluding carboxylic acids is 1. The van der Waals surface area contributed by atoms with Gasteiger partial charge in [0.2, 0.25) is 0 Å². The number of ketones is 1. The summed E-state index contributed by atoms with van der Waals surface area (Å²) >= 11 is 0. The Morgan fingerprint density at radius 1 is 1.38 bits per heavy atom. The summed E-state index contributed by atoms with van der Waals surface area (Å²) in [5.74, 6) is 0.340. The molecule has 1 N–H and O–H groups in total. The maximum Gasteiger partial charge on any atom is 0.164 e. The van der Waals surface area contributed by atoms with Gasteiger partial charge in [-0.3, -0.25) is 4.79 Å². The van der Waals surface area contributed by atoms with Gasteiger partial charge in [0.05, 0.1) is 0 Å². The maximum absolute atomic E-state index is 11.4. The van der Waals surface area contributed by atoms with E-state index in [2.05, 4.69) is 6.58 Å². The molecular formula is C11H10O2. The predicted octanol–water partition coefficient (Wildman–Crippen LogP) is 2.16. The largest absolute Gasteiger partial charge is 0.508 e. The molecule has 0 fully saturated rings. The molecule has 2 heteroatoms. The van der Waals surface area contributed by atoms with Gasteiger partial charge in [-0.2, -0.15) is 0 Å². The molecule has 0 amide bonds. The molecule has 1 aliphatic rings. The number of fused-ring (bicyclic) bond motifs is 1. The first-order chi connectivity index (χ1) is 6.24. The van der Waals surface area contributed by atoms with Crippen molar-refractivity contribution in [2.24, 2.45) is 0 Å². The fourth-order valence-corrected chi connectivity index (χ4v) is 1.77. The molecule has 0 unspecified atom stereocenters. The third-order valence-corrected chi connectivity index (χ3v) is 2.42. The first-order valence-corrected chi connectivity index (χ1v) is 4.24. The number of hydrogen-bond donors (Lipinski definition) is 1. The molecule has 1 aromatic carbocycles. The van der Waals surface area contributed by atoms with Crippen LogP contribution in [0.1, 0.15) is 27.9 Å². The zero-order chi connectivity index (χ0) is 9.42. The summed E-state index contributed by atoms with van der Waals surface area (Å²) < 4.78 is 0.